The smallest absolute Gasteiger partial charge is 0.0252 e. The van der Waals surface area contributed by atoms with E-state index in [-0.39, 0.29) is 0 Å². The summed E-state index contributed by atoms with van der Waals surface area (Å²) in [5.74, 6) is 0. The Labute approximate surface area is 99.2 Å². The quantitative estimate of drug-likeness (QED) is 0.713. The van der Waals surface area contributed by atoms with Crippen molar-refractivity contribution in [3.63, 3.8) is 0 Å². The van der Waals surface area contributed by atoms with Crippen molar-refractivity contribution < 1.29 is 0 Å². The molecule has 0 spiro atoms. The van der Waals surface area contributed by atoms with E-state index in [0.29, 0.717) is 0 Å². The number of hydrogen-bond acceptors (Lipinski definition) is 3. The lowest BCUT2D eigenvalue weighted by atomic mass is 9.98. The van der Waals surface area contributed by atoms with Crippen LogP contribution >= 0.6 is 0 Å². The number of fused-ring (bicyclic) bond motifs is 1. The van der Waals surface area contributed by atoms with Crippen molar-refractivity contribution in [3.05, 3.63) is 0 Å². The minimum absolute atomic E-state index is 0.813. The number of piperazine rings is 1. The highest BCUT2D eigenvalue weighted by Crippen LogP contribution is 2.30. The molecule has 2 atom stereocenters. The maximum atomic E-state index is 3.71. The Morgan fingerprint density at radius 1 is 1.00 bits per heavy atom. The summed E-state index contributed by atoms with van der Waals surface area (Å²) in [7, 11) is 2.26. The van der Waals surface area contributed by atoms with Crippen LogP contribution in [-0.2, 0) is 0 Å². The van der Waals surface area contributed by atoms with Gasteiger partial charge in [-0.25, -0.2) is 0 Å². The van der Waals surface area contributed by atoms with E-state index >= 15 is 0 Å². The zero-order valence-corrected chi connectivity index (χ0v) is 10.5. The minimum atomic E-state index is 0.813. The second-order valence-electron chi connectivity index (χ2n) is 5.83. The summed E-state index contributed by atoms with van der Waals surface area (Å²) in [5, 5.41) is 3.71. The topological polar surface area (TPSA) is 18.5 Å². The van der Waals surface area contributed by atoms with Gasteiger partial charge in [-0.3, -0.25) is 4.90 Å². The van der Waals surface area contributed by atoms with Crippen molar-refractivity contribution in [3.8, 4) is 0 Å². The fraction of sp³-hybridized carbons (Fsp3) is 1.00. The van der Waals surface area contributed by atoms with Crippen LogP contribution in [0.5, 0.6) is 0 Å². The van der Waals surface area contributed by atoms with Crippen LogP contribution in [0.2, 0.25) is 0 Å². The number of rotatable bonds is 1. The van der Waals surface area contributed by atoms with Gasteiger partial charge in [0.1, 0.15) is 0 Å². The minimum Gasteiger partial charge on any atom is -0.311 e. The first-order valence-corrected chi connectivity index (χ1v) is 7.02. The first-order chi connectivity index (χ1) is 7.84. The van der Waals surface area contributed by atoms with Gasteiger partial charge < -0.3 is 10.2 Å². The molecule has 0 bridgehead atoms. The molecular formula is C13H25N3. The van der Waals surface area contributed by atoms with Crippen LogP contribution in [0.4, 0.5) is 0 Å². The number of likely N-dealkylation sites (tertiary alicyclic amines) is 1. The van der Waals surface area contributed by atoms with E-state index in [2.05, 4.69) is 22.2 Å². The van der Waals surface area contributed by atoms with Gasteiger partial charge >= 0.3 is 0 Å². The molecule has 2 unspecified atom stereocenters. The Kier molecular flexibility index (Phi) is 3.18. The molecule has 3 aliphatic rings. The summed E-state index contributed by atoms with van der Waals surface area (Å²) in [5.41, 5.74) is 0. The fourth-order valence-corrected chi connectivity index (χ4v) is 3.90. The molecule has 16 heavy (non-hydrogen) atoms. The van der Waals surface area contributed by atoms with E-state index in [9.17, 15) is 0 Å². The zero-order chi connectivity index (χ0) is 11.0. The van der Waals surface area contributed by atoms with E-state index in [4.69, 9.17) is 0 Å². The van der Waals surface area contributed by atoms with Crippen LogP contribution in [-0.4, -0.2) is 61.2 Å². The van der Waals surface area contributed by atoms with Gasteiger partial charge in [0.05, 0.1) is 0 Å². The molecule has 0 aromatic rings. The van der Waals surface area contributed by atoms with Gasteiger partial charge in [0.25, 0.3) is 0 Å². The Balaban J connectivity index is 1.64. The number of nitrogens with zero attached hydrogens (tertiary/aromatic N) is 2. The summed E-state index contributed by atoms with van der Waals surface area (Å²) < 4.78 is 0. The first-order valence-electron chi connectivity index (χ1n) is 7.02. The predicted molar refractivity (Wildman–Crippen MR) is 66.7 cm³/mol. The normalized spacial score (nSPS) is 38.8. The highest BCUT2D eigenvalue weighted by molar-refractivity contribution is 4.97. The molecule has 1 saturated carbocycles. The van der Waals surface area contributed by atoms with Crippen molar-refractivity contribution >= 4 is 0 Å². The maximum Gasteiger partial charge on any atom is 0.0252 e. The van der Waals surface area contributed by atoms with Crippen LogP contribution in [0.1, 0.15) is 32.1 Å². The average molecular weight is 223 g/mol. The molecule has 0 radical (unpaired) electrons. The van der Waals surface area contributed by atoms with Gasteiger partial charge in [0, 0.05) is 31.2 Å². The van der Waals surface area contributed by atoms with Gasteiger partial charge in [-0.2, -0.15) is 0 Å². The molecule has 3 rings (SSSR count). The molecule has 1 aliphatic carbocycles. The van der Waals surface area contributed by atoms with Gasteiger partial charge in [-0.05, 0) is 45.8 Å². The molecular weight excluding hydrogens is 198 g/mol. The highest BCUT2D eigenvalue weighted by atomic mass is 15.3. The van der Waals surface area contributed by atoms with Crippen LogP contribution in [0.3, 0.4) is 0 Å². The Bertz CT molecular complexity index is 235. The molecule has 92 valence electrons. The predicted octanol–water partition coefficient (Wildman–Crippen LogP) is 0.907. The summed E-state index contributed by atoms with van der Waals surface area (Å²) in [6, 6.07) is 2.56. The van der Waals surface area contributed by atoms with Crippen LogP contribution in [0.15, 0.2) is 0 Å². The van der Waals surface area contributed by atoms with Crippen molar-refractivity contribution in [2.75, 3.05) is 33.2 Å². The molecule has 1 N–H and O–H groups in total. The molecule has 0 aromatic carbocycles. The molecule has 2 saturated heterocycles. The number of hydrogen-bond donors (Lipinski definition) is 1. The standard InChI is InChI=1S/C13H25N3/c1-15-8-5-11(6-9-15)16-10-7-14-12-3-2-4-13(12)16/h11-14H,2-10H2,1H3. The van der Waals surface area contributed by atoms with Gasteiger partial charge in [-0.15, -0.1) is 0 Å². The third kappa shape index (κ3) is 2.01. The Morgan fingerprint density at radius 3 is 2.62 bits per heavy atom. The Morgan fingerprint density at radius 2 is 1.81 bits per heavy atom. The van der Waals surface area contributed by atoms with E-state index in [1.54, 1.807) is 0 Å². The fourth-order valence-electron chi connectivity index (χ4n) is 3.90. The number of nitrogens with one attached hydrogen (secondary N) is 1. The maximum absolute atomic E-state index is 3.71. The zero-order valence-electron chi connectivity index (χ0n) is 10.5. The number of piperidine rings is 1. The van der Waals surface area contributed by atoms with E-state index in [1.165, 1.54) is 58.3 Å². The summed E-state index contributed by atoms with van der Waals surface area (Å²) in [6.45, 7) is 5.10. The van der Waals surface area contributed by atoms with E-state index < -0.39 is 0 Å². The second-order valence-corrected chi connectivity index (χ2v) is 5.83. The largest absolute Gasteiger partial charge is 0.311 e. The van der Waals surface area contributed by atoms with Gasteiger partial charge in [0.2, 0.25) is 0 Å². The molecule has 0 amide bonds. The molecule has 0 aromatic heterocycles. The monoisotopic (exact) mass is 223 g/mol. The molecule has 3 fully saturated rings. The van der Waals surface area contributed by atoms with Crippen molar-refractivity contribution in [1.82, 2.24) is 15.1 Å². The molecule has 3 heteroatoms. The third-order valence-corrected chi connectivity index (χ3v) is 4.84. The first kappa shape index (κ1) is 11.0. The summed E-state index contributed by atoms with van der Waals surface area (Å²) in [6.07, 6.45) is 7.06. The van der Waals surface area contributed by atoms with E-state index in [0.717, 1.165) is 18.1 Å². The van der Waals surface area contributed by atoms with Crippen molar-refractivity contribution in [2.45, 2.75) is 50.2 Å². The second kappa shape index (κ2) is 4.63. The van der Waals surface area contributed by atoms with Crippen molar-refractivity contribution in [2.24, 2.45) is 0 Å². The van der Waals surface area contributed by atoms with Crippen molar-refractivity contribution in [1.29, 1.82) is 0 Å². The Hall–Kier alpha value is -0.120. The van der Waals surface area contributed by atoms with Gasteiger partial charge in [-0.1, -0.05) is 6.42 Å². The van der Waals surface area contributed by atoms with Crippen LogP contribution in [0, 0.1) is 0 Å². The molecule has 2 aliphatic heterocycles. The van der Waals surface area contributed by atoms with Crippen LogP contribution in [0.25, 0.3) is 0 Å². The SMILES string of the molecule is CN1CCC(N2CCNC3CCCC32)CC1. The lowest BCUT2D eigenvalue weighted by Gasteiger charge is -2.45. The van der Waals surface area contributed by atoms with Crippen LogP contribution < -0.4 is 5.32 Å². The molecule has 2 heterocycles. The highest BCUT2D eigenvalue weighted by Gasteiger charge is 2.38. The lowest BCUT2D eigenvalue weighted by Crippen LogP contribution is -2.59. The molecule has 3 nitrogen and oxygen atoms in total. The summed E-state index contributed by atoms with van der Waals surface area (Å²) >= 11 is 0. The summed E-state index contributed by atoms with van der Waals surface area (Å²) in [4.78, 5) is 5.33. The third-order valence-electron chi connectivity index (χ3n) is 4.84. The van der Waals surface area contributed by atoms with Gasteiger partial charge in [0.15, 0.2) is 0 Å². The van der Waals surface area contributed by atoms with E-state index in [1.807, 2.05) is 0 Å². The average Bonchev–Trinajstić information content (AvgIpc) is 2.78. The lowest BCUT2D eigenvalue weighted by molar-refractivity contribution is 0.0518.